The fraction of sp³-hybridized carbons (Fsp3) is 0.435. The van der Waals surface area contributed by atoms with Crippen molar-refractivity contribution in [3.8, 4) is 5.75 Å². The number of carbonyl (C=O) groups is 1. The molecule has 0 spiro atoms. The summed E-state index contributed by atoms with van der Waals surface area (Å²) in [5.41, 5.74) is 1.45. The van der Waals surface area contributed by atoms with E-state index in [9.17, 15) is 13.2 Å². The van der Waals surface area contributed by atoms with E-state index in [1.807, 2.05) is 19.9 Å². The molecule has 3 rings (SSSR count). The lowest BCUT2D eigenvalue weighted by Crippen LogP contribution is -2.35. The Kier molecular flexibility index (Phi) is 7.50. The van der Waals surface area contributed by atoms with Crippen LogP contribution in [0.4, 0.5) is 0 Å². The van der Waals surface area contributed by atoms with Gasteiger partial charge in [-0.1, -0.05) is 18.6 Å². The van der Waals surface area contributed by atoms with Crippen LogP contribution in [-0.4, -0.2) is 44.4 Å². The minimum absolute atomic E-state index is 0.0826. The molecule has 1 heterocycles. The van der Waals surface area contributed by atoms with Crippen molar-refractivity contribution in [1.82, 2.24) is 9.62 Å². The molecule has 1 aliphatic heterocycles. The fourth-order valence-corrected chi connectivity index (χ4v) is 5.08. The van der Waals surface area contributed by atoms with E-state index in [1.165, 1.54) is 0 Å². The third-order valence-electron chi connectivity index (χ3n) is 5.04. The molecule has 1 fully saturated rings. The minimum Gasteiger partial charge on any atom is -0.491 e. The third-order valence-corrected chi connectivity index (χ3v) is 6.93. The van der Waals surface area contributed by atoms with Crippen molar-refractivity contribution in [2.24, 2.45) is 0 Å². The smallest absolute Gasteiger partial charge is 0.251 e. The fourth-order valence-electron chi connectivity index (χ4n) is 3.50. The quantitative estimate of drug-likeness (QED) is 0.694. The normalized spacial score (nSPS) is 15.2. The number of piperidine rings is 1. The molecule has 0 aromatic heterocycles. The molecule has 2 aromatic rings. The summed E-state index contributed by atoms with van der Waals surface area (Å²) in [7, 11) is -3.45. The average Bonchev–Trinajstić information content (AvgIpc) is 2.74. The SMILES string of the molecule is CC(C)Oc1ccc(C(=O)NCCc2cccc(S(=O)(=O)N3CCCCC3)c2)cc1. The Labute approximate surface area is 179 Å². The van der Waals surface area contributed by atoms with Crippen molar-refractivity contribution in [1.29, 1.82) is 0 Å². The van der Waals surface area contributed by atoms with E-state index in [2.05, 4.69) is 5.32 Å². The maximum absolute atomic E-state index is 12.8. The van der Waals surface area contributed by atoms with Crippen LogP contribution < -0.4 is 10.1 Å². The number of nitrogens with zero attached hydrogens (tertiary/aromatic N) is 1. The number of rotatable bonds is 8. The number of hydrogen-bond donors (Lipinski definition) is 1. The van der Waals surface area contributed by atoms with Gasteiger partial charge in [-0.3, -0.25) is 4.79 Å². The molecule has 2 aromatic carbocycles. The van der Waals surface area contributed by atoms with Crippen LogP contribution in [0.25, 0.3) is 0 Å². The van der Waals surface area contributed by atoms with Crippen LogP contribution >= 0.6 is 0 Å². The molecule has 1 aliphatic rings. The van der Waals surface area contributed by atoms with E-state index in [-0.39, 0.29) is 12.0 Å². The number of hydrogen-bond acceptors (Lipinski definition) is 4. The minimum atomic E-state index is -3.45. The van der Waals surface area contributed by atoms with Gasteiger partial charge in [-0.15, -0.1) is 0 Å². The first-order chi connectivity index (χ1) is 14.4. The predicted molar refractivity (Wildman–Crippen MR) is 117 cm³/mol. The van der Waals surface area contributed by atoms with Crippen molar-refractivity contribution in [2.45, 2.75) is 50.5 Å². The Balaban J connectivity index is 1.56. The van der Waals surface area contributed by atoms with Crippen LogP contribution in [0.1, 0.15) is 49.0 Å². The van der Waals surface area contributed by atoms with E-state index in [0.717, 1.165) is 30.6 Å². The summed E-state index contributed by atoms with van der Waals surface area (Å²) < 4.78 is 32.9. The van der Waals surface area contributed by atoms with E-state index >= 15 is 0 Å². The number of sulfonamides is 1. The zero-order chi connectivity index (χ0) is 21.6. The Morgan fingerprint density at radius 2 is 1.77 bits per heavy atom. The lowest BCUT2D eigenvalue weighted by Gasteiger charge is -2.26. The van der Waals surface area contributed by atoms with Crippen LogP contribution in [-0.2, 0) is 16.4 Å². The molecular weight excluding hydrogens is 400 g/mol. The second kappa shape index (κ2) is 10.1. The summed E-state index contributed by atoms with van der Waals surface area (Å²) in [4.78, 5) is 12.7. The summed E-state index contributed by atoms with van der Waals surface area (Å²) in [6, 6.07) is 14.0. The second-order valence-electron chi connectivity index (χ2n) is 7.81. The lowest BCUT2D eigenvalue weighted by molar-refractivity contribution is 0.0954. The summed E-state index contributed by atoms with van der Waals surface area (Å²) in [5, 5.41) is 2.89. The molecule has 30 heavy (non-hydrogen) atoms. The van der Waals surface area contributed by atoms with E-state index in [1.54, 1.807) is 46.8 Å². The molecular formula is C23H30N2O4S. The summed E-state index contributed by atoms with van der Waals surface area (Å²) in [6.45, 7) is 5.50. The van der Waals surface area contributed by atoms with Crippen LogP contribution in [0.3, 0.4) is 0 Å². The number of amides is 1. The topological polar surface area (TPSA) is 75.7 Å². The lowest BCUT2D eigenvalue weighted by atomic mass is 10.1. The van der Waals surface area contributed by atoms with Gasteiger partial charge >= 0.3 is 0 Å². The Hall–Kier alpha value is -2.38. The molecule has 0 unspecified atom stereocenters. The molecule has 0 aliphatic carbocycles. The molecule has 162 valence electrons. The van der Waals surface area contributed by atoms with Crippen LogP contribution in [0, 0.1) is 0 Å². The molecule has 7 heteroatoms. The number of benzene rings is 2. The summed E-state index contributed by atoms with van der Waals surface area (Å²) in [5.74, 6) is 0.566. The second-order valence-corrected chi connectivity index (χ2v) is 9.75. The highest BCUT2D eigenvalue weighted by Gasteiger charge is 2.25. The summed E-state index contributed by atoms with van der Waals surface area (Å²) in [6.07, 6.45) is 3.55. The molecule has 0 radical (unpaired) electrons. The van der Waals surface area contributed by atoms with Crippen LogP contribution in [0.15, 0.2) is 53.4 Å². The first-order valence-electron chi connectivity index (χ1n) is 10.5. The van der Waals surface area contributed by atoms with E-state index in [0.29, 0.717) is 36.5 Å². The average molecular weight is 431 g/mol. The molecule has 0 saturated carbocycles. The van der Waals surface area contributed by atoms with Gasteiger partial charge < -0.3 is 10.1 Å². The number of ether oxygens (including phenoxy) is 1. The zero-order valence-electron chi connectivity index (χ0n) is 17.6. The highest BCUT2D eigenvalue weighted by molar-refractivity contribution is 7.89. The van der Waals surface area contributed by atoms with E-state index in [4.69, 9.17) is 4.74 Å². The van der Waals surface area contributed by atoms with Crippen molar-refractivity contribution >= 4 is 15.9 Å². The van der Waals surface area contributed by atoms with Crippen molar-refractivity contribution in [3.05, 3.63) is 59.7 Å². The van der Waals surface area contributed by atoms with Crippen LogP contribution in [0.2, 0.25) is 0 Å². The van der Waals surface area contributed by atoms with Gasteiger partial charge in [0.1, 0.15) is 5.75 Å². The Bertz CT molecular complexity index is 949. The molecule has 1 saturated heterocycles. The zero-order valence-corrected chi connectivity index (χ0v) is 18.5. The Morgan fingerprint density at radius 3 is 2.43 bits per heavy atom. The van der Waals surface area contributed by atoms with Gasteiger partial charge in [0.2, 0.25) is 10.0 Å². The first-order valence-corrected chi connectivity index (χ1v) is 11.9. The van der Waals surface area contributed by atoms with Gasteiger partial charge in [0.15, 0.2) is 0 Å². The molecule has 1 N–H and O–H groups in total. The van der Waals surface area contributed by atoms with Gasteiger partial charge in [0.05, 0.1) is 11.0 Å². The maximum atomic E-state index is 12.8. The standard InChI is InChI=1S/C23H30N2O4S/c1-18(2)29-21-11-9-20(10-12-21)23(26)24-14-13-19-7-6-8-22(17-19)30(27,28)25-15-4-3-5-16-25/h6-12,17-18H,3-5,13-16H2,1-2H3,(H,24,26). The first kappa shape index (κ1) is 22.3. The van der Waals surface area contributed by atoms with Gasteiger partial charge in [0, 0.05) is 25.2 Å². The molecule has 6 nitrogen and oxygen atoms in total. The van der Waals surface area contributed by atoms with Crippen molar-refractivity contribution < 1.29 is 17.9 Å². The van der Waals surface area contributed by atoms with Gasteiger partial charge in [-0.05, 0) is 75.1 Å². The van der Waals surface area contributed by atoms with Crippen molar-refractivity contribution in [2.75, 3.05) is 19.6 Å². The van der Waals surface area contributed by atoms with Crippen molar-refractivity contribution in [3.63, 3.8) is 0 Å². The summed E-state index contributed by atoms with van der Waals surface area (Å²) >= 11 is 0. The van der Waals surface area contributed by atoms with Crippen LogP contribution in [0.5, 0.6) is 5.75 Å². The van der Waals surface area contributed by atoms with Gasteiger partial charge in [0.25, 0.3) is 5.91 Å². The highest BCUT2D eigenvalue weighted by atomic mass is 32.2. The predicted octanol–water partition coefficient (Wildman–Crippen LogP) is 3.62. The van der Waals surface area contributed by atoms with E-state index < -0.39 is 10.0 Å². The third kappa shape index (κ3) is 5.83. The van der Waals surface area contributed by atoms with Gasteiger partial charge in [-0.25, -0.2) is 8.42 Å². The largest absolute Gasteiger partial charge is 0.491 e. The molecule has 1 amide bonds. The maximum Gasteiger partial charge on any atom is 0.251 e. The number of carbonyl (C=O) groups excluding carboxylic acids is 1. The monoisotopic (exact) mass is 430 g/mol. The molecule has 0 atom stereocenters. The van der Waals surface area contributed by atoms with Gasteiger partial charge in [-0.2, -0.15) is 4.31 Å². The highest BCUT2D eigenvalue weighted by Crippen LogP contribution is 2.21. The number of nitrogens with one attached hydrogen (secondary N) is 1. The molecule has 0 bridgehead atoms. The Morgan fingerprint density at radius 1 is 1.07 bits per heavy atom.